The highest BCUT2D eigenvalue weighted by molar-refractivity contribution is 5.91. The van der Waals surface area contributed by atoms with Gasteiger partial charge in [0.05, 0.1) is 19.2 Å². The molecule has 4 heterocycles. The van der Waals surface area contributed by atoms with E-state index in [-0.39, 0.29) is 12.3 Å². The van der Waals surface area contributed by atoms with Gasteiger partial charge in [-0.3, -0.25) is 9.59 Å². The Morgan fingerprint density at radius 1 is 1.23 bits per heavy atom. The molecule has 0 fully saturated rings. The summed E-state index contributed by atoms with van der Waals surface area (Å²) in [6.45, 7) is 5.10. The first-order valence-electron chi connectivity index (χ1n) is 8.24. The van der Waals surface area contributed by atoms with Gasteiger partial charge in [0, 0.05) is 24.5 Å². The van der Waals surface area contributed by atoms with Crippen molar-refractivity contribution in [2.24, 2.45) is 5.73 Å². The first-order chi connectivity index (χ1) is 12.4. The molecular formula is C16H18N8O2. The zero-order valence-corrected chi connectivity index (χ0v) is 14.5. The SMILES string of the molecule is Cc1cc(C)n2nc(CC(=O)N3CCn4c(C(N)=O)cnc4C3)nc2n1. The summed E-state index contributed by atoms with van der Waals surface area (Å²) in [7, 11) is 0. The summed E-state index contributed by atoms with van der Waals surface area (Å²) < 4.78 is 3.39. The van der Waals surface area contributed by atoms with Gasteiger partial charge in [0.15, 0.2) is 5.82 Å². The molecule has 0 bridgehead atoms. The molecule has 0 saturated heterocycles. The highest BCUT2D eigenvalue weighted by atomic mass is 16.2. The summed E-state index contributed by atoms with van der Waals surface area (Å²) in [6.07, 6.45) is 1.54. The summed E-state index contributed by atoms with van der Waals surface area (Å²) in [5.41, 5.74) is 7.47. The van der Waals surface area contributed by atoms with Gasteiger partial charge >= 0.3 is 0 Å². The summed E-state index contributed by atoms with van der Waals surface area (Å²) >= 11 is 0. The van der Waals surface area contributed by atoms with E-state index in [1.54, 1.807) is 14.0 Å². The summed E-state index contributed by atoms with van der Waals surface area (Å²) in [5.74, 6) is 0.962. The number of rotatable bonds is 3. The third-order valence-corrected chi connectivity index (χ3v) is 4.44. The highest BCUT2D eigenvalue weighted by Crippen LogP contribution is 2.15. The van der Waals surface area contributed by atoms with E-state index in [9.17, 15) is 9.59 Å². The monoisotopic (exact) mass is 354 g/mol. The summed E-state index contributed by atoms with van der Waals surface area (Å²) in [5, 5.41) is 4.37. The zero-order valence-electron chi connectivity index (χ0n) is 14.5. The summed E-state index contributed by atoms with van der Waals surface area (Å²) in [6, 6.07) is 1.91. The average Bonchev–Trinajstić information content (AvgIpc) is 3.17. The first-order valence-corrected chi connectivity index (χ1v) is 8.24. The van der Waals surface area contributed by atoms with Gasteiger partial charge in [0.2, 0.25) is 5.91 Å². The van der Waals surface area contributed by atoms with E-state index in [1.807, 2.05) is 19.9 Å². The van der Waals surface area contributed by atoms with Crippen molar-refractivity contribution in [2.75, 3.05) is 6.54 Å². The third kappa shape index (κ3) is 2.68. The van der Waals surface area contributed by atoms with Crippen LogP contribution >= 0.6 is 0 Å². The van der Waals surface area contributed by atoms with Crippen LogP contribution in [-0.4, -0.2) is 52.4 Å². The summed E-state index contributed by atoms with van der Waals surface area (Å²) in [4.78, 5) is 38.6. The van der Waals surface area contributed by atoms with Gasteiger partial charge in [-0.2, -0.15) is 4.98 Å². The van der Waals surface area contributed by atoms with Crippen molar-refractivity contribution in [2.45, 2.75) is 33.4 Å². The second kappa shape index (κ2) is 5.90. The predicted molar refractivity (Wildman–Crippen MR) is 90.1 cm³/mol. The molecule has 10 nitrogen and oxygen atoms in total. The molecule has 3 aromatic heterocycles. The minimum atomic E-state index is -0.518. The molecule has 0 atom stereocenters. The maximum absolute atomic E-state index is 12.6. The maximum atomic E-state index is 12.6. The molecular weight excluding hydrogens is 336 g/mol. The lowest BCUT2D eigenvalue weighted by atomic mass is 10.3. The van der Waals surface area contributed by atoms with Crippen LogP contribution in [0.5, 0.6) is 0 Å². The van der Waals surface area contributed by atoms with Gasteiger partial charge in [-0.25, -0.2) is 14.5 Å². The Hall–Kier alpha value is -3.30. The Kier molecular flexibility index (Phi) is 3.67. The number of nitrogens with two attached hydrogens (primary N) is 1. The molecule has 3 aromatic rings. The minimum Gasteiger partial charge on any atom is -0.364 e. The quantitative estimate of drug-likeness (QED) is 0.684. The van der Waals surface area contributed by atoms with Crippen molar-refractivity contribution in [3.8, 4) is 0 Å². The molecule has 1 aliphatic heterocycles. The number of carbonyl (C=O) groups excluding carboxylic acids is 2. The fourth-order valence-electron chi connectivity index (χ4n) is 3.20. The zero-order chi connectivity index (χ0) is 18.4. The van der Waals surface area contributed by atoms with E-state index in [4.69, 9.17) is 5.73 Å². The molecule has 0 spiro atoms. The highest BCUT2D eigenvalue weighted by Gasteiger charge is 2.25. The van der Waals surface area contributed by atoms with Crippen LogP contribution in [0.25, 0.3) is 5.78 Å². The largest absolute Gasteiger partial charge is 0.364 e. The minimum absolute atomic E-state index is 0.0885. The normalized spacial score (nSPS) is 13.8. The number of imidazole rings is 1. The molecule has 134 valence electrons. The van der Waals surface area contributed by atoms with Gasteiger partial charge in [-0.1, -0.05) is 0 Å². The Morgan fingerprint density at radius 3 is 2.81 bits per heavy atom. The Labute approximate surface area is 148 Å². The number of aromatic nitrogens is 6. The van der Waals surface area contributed by atoms with Crippen LogP contribution in [0.2, 0.25) is 0 Å². The van der Waals surface area contributed by atoms with Gasteiger partial charge in [0.25, 0.3) is 11.7 Å². The fourth-order valence-corrected chi connectivity index (χ4v) is 3.20. The third-order valence-electron chi connectivity index (χ3n) is 4.44. The number of nitrogens with zero attached hydrogens (tertiary/aromatic N) is 7. The van der Waals surface area contributed by atoms with E-state index in [1.165, 1.54) is 6.20 Å². The van der Waals surface area contributed by atoms with Crippen molar-refractivity contribution in [3.63, 3.8) is 0 Å². The smallest absolute Gasteiger partial charge is 0.266 e. The van der Waals surface area contributed by atoms with Crippen molar-refractivity contribution >= 4 is 17.6 Å². The number of fused-ring (bicyclic) bond motifs is 2. The number of primary amides is 1. The molecule has 0 unspecified atom stereocenters. The molecule has 2 N–H and O–H groups in total. The van der Waals surface area contributed by atoms with Crippen LogP contribution < -0.4 is 5.73 Å². The van der Waals surface area contributed by atoms with Crippen LogP contribution in [0.15, 0.2) is 12.3 Å². The van der Waals surface area contributed by atoms with Crippen molar-refractivity contribution in [3.05, 3.63) is 41.0 Å². The standard InChI is InChI=1S/C16H18N8O2/c1-9-5-10(2)24-16(19-9)20-12(21-24)6-14(25)22-3-4-23-11(15(17)26)7-18-13(23)8-22/h5,7H,3-4,6,8H2,1-2H3,(H2,17,26). The van der Waals surface area contributed by atoms with Crippen LogP contribution in [0, 0.1) is 13.8 Å². The van der Waals surface area contributed by atoms with Crippen LogP contribution in [0.1, 0.15) is 33.5 Å². The van der Waals surface area contributed by atoms with Crippen LogP contribution in [0.3, 0.4) is 0 Å². The van der Waals surface area contributed by atoms with Crippen LogP contribution in [-0.2, 0) is 24.3 Å². The molecule has 4 rings (SSSR count). The number of carbonyl (C=O) groups is 2. The van der Waals surface area contributed by atoms with E-state index in [2.05, 4.69) is 20.1 Å². The van der Waals surface area contributed by atoms with E-state index >= 15 is 0 Å². The second-order valence-corrected chi connectivity index (χ2v) is 6.35. The van der Waals surface area contributed by atoms with E-state index in [0.29, 0.717) is 42.8 Å². The predicted octanol–water partition coefficient (Wildman–Crippen LogP) is -0.379. The first kappa shape index (κ1) is 16.2. The molecule has 26 heavy (non-hydrogen) atoms. The lowest BCUT2D eigenvalue weighted by Gasteiger charge is -2.28. The number of hydrogen-bond acceptors (Lipinski definition) is 6. The van der Waals surface area contributed by atoms with Crippen molar-refractivity contribution in [1.29, 1.82) is 0 Å². The Morgan fingerprint density at radius 2 is 2.04 bits per heavy atom. The van der Waals surface area contributed by atoms with Gasteiger partial charge in [-0.15, -0.1) is 5.10 Å². The Balaban J connectivity index is 1.52. The van der Waals surface area contributed by atoms with Gasteiger partial charge < -0.3 is 15.2 Å². The van der Waals surface area contributed by atoms with Crippen molar-refractivity contribution in [1.82, 2.24) is 34.0 Å². The fraction of sp³-hybridized carbons (Fsp3) is 0.375. The van der Waals surface area contributed by atoms with Crippen LogP contribution in [0.4, 0.5) is 0 Å². The van der Waals surface area contributed by atoms with E-state index in [0.717, 1.165) is 11.4 Å². The molecule has 0 aromatic carbocycles. The number of hydrogen-bond donors (Lipinski definition) is 1. The average molecular weight is 354 g/mol. The van der Waals surface area contributed by atoms with Crippen molar-refractivity contribution < 1.29 is 9.59 Å². The second-order valence-electron chi connectivity index (χ2n) is 6.35. The molecule has 0 radical (unpaired) electrons. The number of amides is 2. The number of aryl methyl sites for hydroxylation is 2. The van der Waals surface area contributed by atoms with Gasteiger partial charge in [-0.05, 0) is 19.9 Å². The molecule has 10 heteroatoms. The Bertz CT molecular complexity index is 1030. The maximum Gasteiger partial charge on any atom is 0.266 e. The molecule has 1 aliphatic rings. The van der Waals surface area contributed by atoms with E-state index < -0.39 is 5.91 Å². The topological polar surface area (TPSA) is 124 Å². The molecule has 2 amide bonds. The lowest BCUT2D eigenvalue weighted by molar-refractivity contribution is -0.132. The molecule has 0 saturated carbocycles. The lowest BCUT2D eigenvalue weighted by Crippen LogP contribution is -2.40. The molecule has 0 aliphatic carbocycles. The van der Waals surface area contributed by atoms with Gasteiger partial charge in [0.1, 0.15) is 11.5 Å².